The van der Waals surface area contributed by atoms with Gasteiger partial charge >= 0.3 is 6.61 Å². The van der Waals surface area contributed by atoms with Crippen LogP contribution in [0, 0.1) is 0 Å². The number of aromatic nitrogens is 11. The van der Waals surface area contributed by atoms with Crippen molar-refractivity contribution in [3.63, 3.8) is 0 Å². The van der Waals surface area contributed by atoms with Crippen LogP contribution in [-0.4, -0.2) is 149 Å². The van der Waals surface area contributed by atoms with Crippen molar-refractivity contribution in [2.45, 2.75) is 102 Å². The number of ether oxygens (including phenoxy) is 1. The Balaban J connectivity index is 0.000000105. The predicted molar refractivity (Wildman–Crippen MR) is 495 cm³/mol. The lowest BCUT2D eigenvalue weighted by atomic mass is 10.0. The summed E-state index contributed by atoms with van der Waals surface area (Å²) in [5.41, 5.74) is 16.5. The van der Waals surface area contributed by atoms with E-state index in [1.54, 1.807) is 96.3 Å². The van der Waals surface area contributed by atoms with E-state index >= 15 is 0 Å². The molecule has 0 bridgehead atoms. The predicted octanol–water partition coefficient (Wildman–Crippen LogP) is 16.4. The molecule has 11 heterocycles. The summed E-state index contributed by atoms with van der Waals surface area (Å²) < 4.78 is 152. The maximum absolute atomic E-state index is 12.3. The normalized spacial score (nSPS) is 15.9. The standard InChI is InChI=1S/C20H15N3O3S.C20H21N3O2S.C19H15N3O3S.C17H13F2N3O3S.C17H12N4O2S2/c24-17-3-1-2-12-10-13(4-5-14(12)17)23-20-19-15-8-9-27(25,26)18(15)7-6-16(19)21-11-22-20;1-14(7-8-15-5-3-2-4-6-15)23-20-19-16-11-12-26(24,25)18(16)10-9-17(19)21-13-22-20;23-16-5-1-11-9-12(2-3-13(11)16)22-19-18-14-7-8-26(24,25)17(14)6-4-15(18)20-10-21-19;18-17(19)25-11-3-1-10(2-4-11)22-16-15-12-7-8-26(23,24)14(12)6-5-13(15)20-9-21-16;22-25(23)6-5-11-15(25)4-3-13-16(11)17(19-8-18-13)21-10-1-2-12-14(7-10)24-9-20-12/h1-7,10-11,24H,8-9H2,(H,21,22,23);2-6,9-10,13-14H,7-8,11-12H2,1H3,(H,21,22,23);2-4,6,9-10H,1,5,7-8H2,(H,20,21,22);1-6,9,17H,7-8H2,(H,20,21,22);1-4,7-9H,5-6H2,(H,18,19,21). The lowest BCUT2D eigenvalue weighted by Gasteiger charge is -2.17. The minimum Gasteiger partial charge on any atom is -0.507 e. The highest BCUT2D eigenvalue weighted by atomic mass is 32.2. The minimum atomic E-state index is -3.27. The molecule has 1 atom stereocenters. The molecule has 6 N–H and O–H groups in total. The minimum absolute atomic E-state index is 0.0464. The summed E-state index contributed by atoms with van der Waals surface area (Å²) >= 11 is 1.57. The Labute approximate surface area is 747 Å². The van der Waals surface area contributed by atoms with Crippen LogP contribution in [0.25, 0.3) is 75.5 Å². The van der Waals surface area contributed by atoms with Crippen molar-refractivity contribution < 1.29 is 65.5 Å². The third kappa shape index (κ3) is 17.1. The number of sulfone groups is 5. The molecule has 0 amide bonds. The number of alkyl halides is 2. The number of anilines is 9. The number of phenolic OH excluding ortho intramolecular Hbond substituents is 1. The van der Waals surface area contributed by atoms with E-state index in [-0.39, 0.29) is 52.1 Å². The Kier molecular flexibility index (Phi) is 22.8. The second kappa shape index (κ2) is 34.6. The van der Waals surface area contributed by atoms with Crippen LogP contribution in [0.5, 0.6) is 11.5 Å². The zero-order chi connectivity index (χ0) is 90.0. The summed E-state index contributed by atoms with van der Waals surface area (Å²) in [7, 11) is -16.1. The Morgan fingerprint density at radius 3 is 1.24 bits per heavy atom. The van der Waals surface area contributed by atoms with Gasteiger partial charge in [0.2, 0.25) is 0 Å². The molecule has 130 heavy (non-hydrogen) atoms. The highest BCUT2D eigenvalue weighted by molar-refractivity contribution is 7.93. The highest BCUT2D eigenvalue weighted by Gasteiger charge is 2.35. The first-order valence-electron chi connectivity index (χ1n) is 41.3. The van der Waals surface area contributed by atoms with Crippen LogP contribution in [-0.2, 0) is 94.1 Å². The molecular weight excluding hydrogens is 1780 g/mol. The van der Waals surface area contributed by atoms with Crippen LogP contribution in [0.4, 0.5) is 60.6 Å². The topological polar surface area (TPSA) is 419 Å². The second-order valence-electron chi connectivity index (χ2n) is 31.7. The average molecular weight is 1860 g/mol. The zero-order valence-corrected chi connectivity index (χ0v) is 73.8. The third-order valence-electron chi connectivity index (χ3n) is 23.6. The first-order chi connectivity index (χ1) is 62.7. The molecule has 0 radical (unpaired) electrons. The van der Waals surface area contributed by atoms with Gasteiger partial charge in [0, 0.05) is 73.1 Å². The lowest BCUT2D eigenvalue weighted by Crippen LogP contribution is -2.17. The summed E-state index contributed by atoms with van der Waals surface area (Å²) in [6.07, 6.45) is 12.9. The molecule has 29 nitrogen and oxygen atoms in total. The number of carbonyl (C=O) groups excluding carboxylic acids is 1. The van der Waals surface area contributed by atoms with E-state index in [1.807, 2.05) is 72.2 Å². The highest BCUT2D eigenvalue weighted by Crippen LogP contribution is 2.43. The summed E-state index contributed by atoms with van der Waals surface area (Å²) in [5, 5.41) is 31.8. The number of benzene rings is 11. The van der Waals surface area contributed by atoms with Gasteiger partial charge in [-0.05, 0) is 248 Å². The molecule has 656 valence electrons. The van der Waals surface area contributed by atoms with Gasteiger partial charge in [-0.1, -0.05) is 42.5 Å². The Bertz CT molecular complexity index is 8120. The van der Waals surface area contributed by atoms with Crippen LogP contribution < -0.4 is 31.3 Å². The van der Waals surface area contributed by atoms with Crippen molar-refractivity contribution >= 4 is 194 Å². The number of carbonyl (C=O) groups is 1. The second-order valence-corrected chi connectivity index (χ2v) is 42.9. The molecule has 0 spiro atoms. The summed E-state index contributed by atoms with van der Waals surface area (Å²) in [5.74, 6) is 4.06. The fourth-order valence-corrected chi connectivity index (χ4v) is 25.8. The monoisotopic (exact) mass is 1850 g/mol. The van der Waals surface area contributed by atoms with Crippen LogP contribution in [0.2, 0.25) is 0 Å². The molecule has 6 aliphatic rings. The van der Waals surface area contributed by atoms with Gasteiger partial charge in [-0.3, -0.25) is 4.79 Å². The van der Waals surface area contributed by atoms with Gasteiger partial charge in [-0.15, -0.1) is 11.3 Å². The number of rotatable bonds is 15. The van der Waals surface area contributed by atoms with E-state index in [0.29, 0.717) is 114 Å². The van der Waals surface area contributed by atoms with Gasteiger partial charge in [0.05, 0.1) is 96.6 Å². The van der Waals surface area contributed by atoms with E-state index < -0.39 is 55.8 Å². The van der Waals surface area contributed by atoms with Crippen molar-refractivity contribution in [2.24, 2.45) is 0 Å². The molecule has 5 aliphatic heterocycles. The smallest absolute Gasteiger partial charge is 0.387 e. The van der Waals surface area contributed by atoms with Crippen LogP contribution in [0.1, 0.15) is 69.1 Å². The van der Waals surface area contributed by atoms with Crippen LogP contribution in [0.3, 0.4) is 0 Å². The number of thiazole rings is 1. The first-order valence-corrected chi connectivity index (χ1v) is 50.4. The molecule has 1 aliphatic carbocycles. The van der Waals surface area contributed by atoms with Gasteiger partial charge in [-0.25, -0.2) is 96.9 Å². The van der Waals surface area contributed by atoms with Crippen molar-refractivity contribution in [3.8, 4) is 11.5 Å². The van der Waals surface area contributed by atoms with Gasteiger partial charge < -0.3 is 36.4 Å². The number of hydrogen-bond acceptors (Lipinski definition) is 30. The van der Waals surface area contributed by atoms with Gasteiger partial charge in [0.25, 0.3) is 0 Å². The maximum atomic E-state index is 12.3. The Hall–Kier alpha value is -13.9. The third-order valence-corrected chi connectivity index (χ3v) is 33.3. The summed E-state index contributed by atoms with van der Waals surface area (Å²) in [6, 6.07) is 55.9. The van der Waals surface area contributed by atoms with Gasteiger partial charge in [0.15, 0.2) is 55.0 Å². The molecule has 0 saturated heterocycles. The molecule has 17 aromatic rings. The summed E-state index contributed by atoms with van der Waals surface area (Å²) in [4.78, 5) is 61.1. The fraction of sp³-hybridized carbons (Fsp3) is 0.183. The average Bonchev–Trinajstić information content (AvgIpc) is 1.60. The largest absolute Gasteiger partial charge is 0.507 e. The van der Waals surface area contributed by atoms with Crippen molar-refractivity contribution in [1.82, 2.24) is 54.8 Å². The van der Waals surface area contributed by atoms with E-state index in [4.69, 9.17) is 0 Å². The summed E-state index contributed by atoms with van der Waals surface area (Å²) in [6.45, 7) is -0.763. The molecule has 6 aromatic heterocycles. The number of fused-ring (bicyclic) bond motifs is 18. The number of aromatic hydroxyl groups is 1. The van der Waals surface area contributed by atoms with E-state index in [1.165, 1.54) is 49.3 Å². The molecule has 0 saturated carbocycles. The van der Waals surface area contributed by atoms with E-state index in [2.05, 4.69) is 117 Å². The number of ketones is 1. The van der Waals surface area contributed by atoms with Gasteiger partial charge in [-0.2, -0.15) is 8.78 Å². The van der Waals surface area contributed by atoms with Crippen LogP contribution in [0.15, 0.2) is 250 Å². The maximum Gasteiger partial charge on any atom is 0.387 e. The first kappa shape index (κ1) is 85.6. The van der Waals surface area contributed by atoms with Crippen molar-refractivity contribution in [3.05, 3.63) is 270 Å². The fourth-order valence-electron chi connectivity index (χ4n) is 17.3. The molecule has 37 heteroatoms. The molecule has 1 unspecified atom stereocenters. The van der Waals surface area contributed by atoms with Gasteiger partial charge in [0.1, 0.15) is 72.2 Å². The Morgan fingerprint density at radius 1 is 0.392 bits per heavy atom. The van der Waals surface area contributed by atoms with E-state index in [0.717, 1.165) is 135 Å². The number of phenols is 1. The van der Waals surface area contributed by atoms with Crippen LogP contribution >= 0.6 is 11.3 Å². The Morgan fingerprint density at radius 2 is 0.785 bits per heavy atom. The van der Waals surface area contributed by atoms with E-state index in [9.17, 15) is 60.8 Å². The number of nitrogens with zero attached hydrogens (tertiary/aromatic N) is 11. The number of nitrogens with one attached hydrogen (secondary N) is 5. The number of hydrogen-bond donors (Lipinski definition) is 6. The molecule has 0 fully saturated rings. The number of aryl methyl sites for hydroxylation is 7. The number of Topliss-reactive ketones (excluding diaryl/α,β-unsaturated/α-hetero) is 1. The molecular formula is C93H76F2N16O13S6. The lowest BCUT2D eigenvalue weighted by molar-refractivity contribution is -0.0498. The molecule has 23 rings (SSSR count). The van der Waals surface area contributed by atoms with Crippen molar-refractivity contribution in [1.29, 1.82) is 0 Å². The number of halogens is 2. The quantitative estimate of drug-likeness (QED) is 0.0555. The zero-order valence-electron chi connectivity index (χ0n) is 68.9. The SMILES string of the molecule is CC(CCc1ccccc1)Nc1ncnc2ccc3c(c12)CCS3(=O)=O.O=C1CCc2cc(Nc3ncnc4ccc5c(c34)CCS5(=O)=O)ccc21.O=S1(=O)CCc2c1ccc1ncnc(Nc3ccc(OC(F)F)cc3)c21.O=S1(=O)CCc2c1ccc1ncnc(Nc3ccc4c(O)cccc4c3)c21.O=S1(=O)CCc2c1ccc1ncnc(Nc3ccc4ncsc4c3)c21. The molecule has 11 aromatic carbocycles. The van der Waals surface area contributed by atoms with Crippen molar-refractivity contribution in [2.75, 3.05) is 55.3 Å².